The molecule has 27 heavy (non-hydrogen) atoms. The van der Waals surface area contributed by atoms with Crippen molar-refractivity contribution in [1.29, 1.82) is 0 Å². The fourth-order valence-corrected chi connectivity index (χ4v) is 2.94. The molecule has 0 spiro atoms. The van der Waals surface area contributed by atoms with E-state index < -0.39 is 5.63 Å². The molecule has 0 unspecified atom stereocenters. The number of fused-ring (bicyclic) bond motifs is 3. The number of benzene rings is 3. The summed E-state index contributed by atoms with van der Waals surface area (Å²) in [6.07, 6.45) is 0. The maximum atomic E-state index is 12.3. The van der Waals surface area contributed by atoms with Crippen LogP contribution in [0.3, 0.4) is 0 Å². The number of carbonyl (C=O) groups is 1. The third kappa shape index (κ3) is 3.18. The maximum Gasteiger partial charge on any atom is 0.345 e. The van der Waals surface area contributed by atoms with Crippen LogP contribution < -0.4 is 16.5 Å². The predicted molar refractivity (Wildman–Crippen MR) is 106 cm³/mol. The number of hydrazine groups is 1. The van der Waals surface area contributed by atoms with Crippen LogP contribution in [0.4, 0.5) is 0 Å². The lowest BCUT2D eigenvalue weighted by Gasteiger charge is -2.11. The Hall–Kier alpha value is -3.86. The Morgan fingerprint density at radius 3 is 2.41 bits per heavy atom. The van der Waals surface area contributed by atoms with Gasteiger partial charge < -0.3 is 4.42 Å². The molecule has 1 heterocycles. The Balaban J connectivity index is 1.65. The molecule has 1 amide bonds. The lowest BCUT2D eigenvalue weighted by Crippen LogP contribution is -2.36. The Morgan fingerprint density at radius 2 is 1.59 bits per heavy atom. The standard InChI is InChI=1S/C22H16N2O3/c1-14(23-24-21(25)16-8-3-2-4-9-16)18-13-19-17-10-6-5-7-15(17)11-12-20(19)27-22(18)26/h2-13,23H,1H2,(H,24,25). The quantitative estimate of drug-likeness (QED) is 0.331. The number of carbonyl (C=O) groups excluding carboxylic acids is 1. The van der Waals surface area contributed by atoms with E-state index in [4.69, 9.17) is 4.42 Å². The molecule has 0 atom stereocenters. The van der Waals surface area contributed by atoms with Gasteiger partial charge in [-0.1, -0.05) is 55.1 Å². The van der Waals surface area contributed by atoms with Gasteiger partial charge in [-0.05, 0) is 35.0 Å². The topological polar surface area (TPSA) is 71.3 Å². The van der Waals surface area contributed by atoms with Crippen LogP contribution in [0.5, 0.6) is 0 Å². The van der Waals surface area contributed by atoms with Gasteiger partial charge >= 0.3 is 5.63 Å². The van der Waals surface area contributed by atoms with E-state index in [1.54, 1.807) is 36.4 Å². The highest BCUT2D eigenvalue weighted by atomic mass is 16.4. The molecule has 4 aromatic rings. The van der Waals surface area contributed by atoms with E-state index in [1.165, 1.54) is 0 Å². The van der Waals surface area contributed by atoms with Crippen LogP contribution >= 0.6 is 0 Å². The molecular formula is C22H16N2O3. The molecule has 132 valence electrons. The molecule has 0 saturated heterocycles. The maximum absolute atomic E-state index is 12.3. The van der Waals surface area contributed by atoms with Crippen LogP contribution in [0.2, 0.25) is 0 Å². The lowest BCUT2D eigenvalue weighted by atomic mass is 10.0. The second-order valence-electron chi connectivity index (χ2n) is 6.07. The Labute approximate surface area is 154 Å². The minimum Gasteiger partial charge on any atom is -0.422 e. The first-order valence-corrected chi connectivity index (χ1v) is 8.40. The SMILES string of the molecule is C=C(NNC(=O)c1ccccc1)c1cc2c(ccc3ccccc32)oc1=O. The van der Waals surface area contributed by atoms with Gasteiger partial charge in [0, 0.05) is 10.9 Å². The van der Waals surface area contributed by atoms with E-state index >= 15 is 0 Å². The molecule has 0 aliphatic carbocycles. The fourth-order valence-electron chi connectivity index (χ4n) is 2.94. The largest absolute Gasteiger partial charge is 0.422 e. The van der Waals surface area contributed by atoms with Crippen molar-refractivity contribution < 1.29 is 9.21 Å². The van der Waals surface area contributed by atoms with Crippen molar-refractivity contribution in [3.63, 3.8) is 0 Å². The van der Waals surface area contributed by atoms with Crippen LogP contribution in [0, 0.1) is 0 Å². The summed E-state index contributed by atoms with van der Waals surface area (Å²) in [4.78, 5) is 24.5. The number of hydrogen-bond donors (Lipinski definition) is 2. The molecule has 0 saturated carbocycles. The molecular weight excluding hydrogens is 340 g/mol. The monoisotopic (exact) mass is 356 g/mol. The molecule has 0 radical (unpaired) electrons. The smallest absolute Gasteiger partial charge is 0.345 e. The van der Waals surface area contributed by atoms with Gasteiger partial charge in [-0.25, -0.2) is 4.79 Å². The summed E-state index contributed by atoms with van der Waals surface area (Å²) in [5.41, 5.74) is 6.22. The minimum atomic E-state index is -0.524. The summed E-state index contributed by atoms with van der Waals surface area (Å²) in [5.74, 6) is -0.327. The van der Waals surface area contributed by atoms with Crippen LogP contribution in [0.1, 0.15) is 15.9 Å². The minimum absolute atomic E-state index is 0.253. The predicted octanol–water partition coefficient (Wildman–Crippen LogP) is 3.85. The van der Waals surface area contributed by atoms with E-state index in [0.717, 1.165) is 16.2 Å². The zero-order chi connectivity index (χ0) is 18.8. The second kappa shape index (κ2) is 6.80. The molecule has 3 aromatic carbocycles. The lowest BCUT2D eigenvalue weighted by molar-refractivity contribution is 0.0942. The van der Waals surface area contributed by atoms with Gasteiger partial charge in [-0.3, -0.25) is 15.6 Å². The molecule has 1 aromatic heterocycles. The third-order valence-corrected chi connectivity index (χ3v) is 4.33. The Morgan fingerprint density at radius 1 is 0.852 bits per heavy atom. The molecule has 5 heteroatoms. The average molecular weight is 356 g/mol. The molecule has 0 bridgehead atoms. The summed E-state index contributed by atoms with van der Waals surface area (Å²) in [7, 11) is 0. The van der Waals surface area contributed by atoms with Crippen molar-refractivity contribution in [2.45, 2.75) is 0 Å². The number of nitrogens with one attached hydrogen (secondary N) is 2. The zero-order valence-corrected chi connectivity index (χ0v) is 14.4. The van der Waals surface area contributed by atoms with Gasteiger partial charge in [0.15, 0.2) is 0 Å². The van der Waals surface area contributed by atoms with Crippen molar-refractivity contribution >= 4 is 33.3 Å². The molecule has 2 N–H and O–H groups in total. The van der Waals surface area contributed by atoms with Crippen LogP contribution in [-0.4, -0.2) is 5.91 Å². The van der Waals surface area contributed by atoms with Crippen molar-refractivity contribution in [3.8, 4) is 0 Å². The molecule has 5 nitrogen and oxygen atoms in total. The first-order valence-electron chi connectivity index (χ1n) is 8.40. The van der Waals surface area contributed by atoms with Gasteiger partial charge in [0.2, 0.25) is 0 Å². The Kier molecular flexibility index (Phi) is 4.18. The Bertz CT molecular complexity index is 1230. The van der Waals surface area contributed by atoms with Crippen molar-refractivity contribution in [2.75, 3.05) is 0 Å². The number of amides is 1. The van der Waals surface area contributed by atoms with E-state index in [2.05, 4.69) is 17.4 Å². The van der Waals surface area contributed by atoms with E-state index in [0.29, 0.717) is 11.1 Å². The normalized spacial score (nSPS) is 10.7. The first-order chi connectivity index (χ1) is 13.1. The first kappa shape index (κ1) is 16.6. The highest BCUT2D eigenvalue weighted by Gasteiger charge is 2.12. The molecule has 0 fully saturated rings. The summed E-state index contributed by atoms with van der Waals surface area (Å²) < 4.78 is 5.44. The summed E-state index contributed by atoms with van der Waals surface area (Å²) >= 11 is 0. The summed E-state index contributed by atoms with van der Waals surface area (Å²) in [6, 6.07) is 22.0. The molecule has 0 aliphatic heterocycles. The highest BCUT2D eigenvalue weighted by molar-refractivity contribution is 6.06. The van der Waals surface area contributed by atoms with Crippen LogP contribution in [-0.2, 0) is 0 Å². The van der Waals surface area contributed by atoms with Gasteiger partial charge in [-0.15, -0.1) is 0 Å². The zero-order valence-electron chi connectivity index (χ0n) is 14.4. The molecule has 4 rings (SSSR count). The van der Waals surface area contributed by atoms with Crippen molar-refractivity contribution in [3.05, 3.63) is 101 Å². The van der Waals surface area contributed by atoms with E-state index in [9.17, 15) is 9.59 Å². The number of rotatable bonds is 4. The van der Waals surface area contributed by atoms with Gasteiger partial charge in [0.25, 0.3) is 5.91 Å². The van der Waals surface area contributed by atoms with Crippen LogP contribution in [0.25, 0.3) is 27.4 Å². The van der Waals surface area contributed by atoms with Crippen LogP contribution in [0.15, 0.2) is 88.6 Å². The summed E-state index contributed by atoms with van der Waals surface area (Å²) in [5, 5.41) is 2.82. The second-order valence-corrected chi connectivity index (χ2v) is 6.07. The van der Waals surface area contributed by atoms with E-state index in [1.807, 2.05) is 36.4 Å². The van der Waals surface area contributed by atoms with Gasteiger partial charge in [0.05, 0.1) is 11.3 Å². The van der Waals surface area contributed by atoms with Gasteiger partial charge in [0.1, 0.15) is 5.58 Å². The third-order valence-electron chi connectivity index (χ3n) is 4.33. The van der Waals surface area contributed by atoms with E-state index in [-0.39, 0.29) is 17.2 Å². The number of hydrogen-bond acceptors (Lipinski definition) is 4. The summed E-state index contributed by atoms with van der Waals surface area (Å²) in [6.45, 7) is 3.85. The highest BCUT2D eigenvalue weighted by Crippen LogP contribution is 2.25. The molecule has 0 aliphatic rings. The van der Waals surface area contributed by atoms with Gasteiger partial charge in [-0.2, -0.15) is 0 Å². The average Bonchev–Trinajstić information content (AvgIpc) is 2.71. The van der Waals surface area contributed by atoms with Crippen molar-refractivity contribution in [1.82, 2.24) is 10.9 Å². The van der Waals surface area contributed by atoms with Crippen molar-refractivity contribution in [2.24, 2.45) is 0 Å². The fraction of sp³-hybridized carbons (Fsp3) is 0.